The van der Waals surface area contributed by atoms with Crippen LogP contribution in [0.4, 0.5) is 0 Å². The molecule has 0 spiro atoms. The molecular weight excluding hydrogens is 262 g/mol. The fourth-order valence-corrected chi connectivity index (χ4v) is 2.07. The second-order valence-electron chi connectivity index (χ2n) is 4.70. The molecule has 7 nitrogen and oxygen atoms in total. The Kier molecular flexibility index (Phi) is 3.97. The first-order chi connectivity index (χ1) is 9.47. The van der Waals surface area contributed by atoms with Gasteiger partial charge in [0.25, 0.3) is 5.91 Å². The lowest BCUT2D eigenvalue weighted by Gasteiger charge is -2.30. The third-order valence-corrected chi connectivity index (χ3v) is 3.16. The third-order valence-electron chi connectivity index (χ3n) is 3.16. The van der Waals surface area contributed by atoms with Crippen LogP contribution in [0.3, 0.4) is 0 Å². The summed E-state index contributed by atoms with van der Waals surface area (Å²) in [6.07, 6.45) is 0.970. The zero-order valence-corrected chi connectivity index (χ0v) is 11.0. The van der Waals surface area contributed by atoms with E-state index in [2.05, 4.69) is 10.3 Å². The van der Waals surface area contributed by atoms with Crippen molar-refractivity contribution in [3.63, 3.8) is 0 Å². The molecule has 2 amide bonds. The highest BCUT2D eigenvalue weighted by Gasteiger charge is 2.24. The summed E-state index contributed by atoms with van der Waals surface area (Å²) in [6, 6.07) is 4.12. The molecule has 0 saturated carbocycles. The Balaban J connectivity index is 2.03. The van der Waals surface area contributed by atoms with Gasteiger partial charge in [0.2, 0.25) is 5.91 Å². The number of nitrogens with one attached hydrogen (secondary N) is 1. The predicted octanol–water partition coefficient (Wildman–Crippen LogP) is 0.130. The lowest BCUT2D eigenvalue weighted by atomic mass is 10.1. The summed E-state index contributed by atoms with van der Waals surface area (Å²) in [4.78, 5) is 39.5. The van der Waals surface area contributed by atoms with Crippen LogP contribution in [0.5, 0.6) is 0 Å². The number of piperidine rings is 1. The number of pyridine rings is 1. The molecule has 2 N–H and O–H groups in total. The first-order valence-corrected chi connectivity index (χ1v) is 6.22. The van der Waals surface area contributed by atoms with Crippen molar-refractivity contribution in [3.05, 3.63) is 29.6 Å². The van der Waals surface area contributed by atoms with Crippen LogP contribution in [0.1, 0.15) is 33.8 Å². The number of carbonyl (C=O) groups excluding carboxylic acids is 2. The molecule has 2 rings (SSSR count). The number of carbonyl (C=O) groups is 3. The van der Waals surface area contributed by atoms with E-state index < -0.39 is 11.9 Å². The van der Waals surface area contributed by atoms with Crippen molar-refractivity contribution in [1.29, 1.82) is 0 Å². The first kappa shape index (κ1) is 14.0. The maximum atomic E-state index is 12.0. The standard InChI is InChI=1S/C13H15N3O4/c1-16-7-8(5-6-11(16)17)14-12(18)9-3-2-4-10(15-9)13(19)20/h2-4,8H,5-7H2,1H3,(H,14,18)(H,19,20). The van der Waals surface area contributed by atoms with Crippen molar-refractivity contribution in [3.8, 4) is 0 Å². The van der Waals surface area contributed by atoms with Crippen LogP contribution in [0.25, 0.3) is 0 Å². The number of aromatic carboxylic acids is 1. The topological polar surface area (TPSA) is 99.6 Å². The lowest BCUT2D eigenvalue weighted by Crippen LogP contribution is -2.48. The molecule has 1 unspecified atom stereocenters. The number of nitrogens with zero attached hydrogens (tertiary/aromatic N) is 2. The van der Waals surface area contributed by atoms with E-state index in [0.717, 1.165) is 0 Å². The second-order valence-corrected chi connectivity index (χ2v) is 4.70. The van der Waals surface area contributed by atoms with Gasteiger partial charge in [-0.3, -0.25) is 9.59 Å². The molecule has 0 radical (unpaired) electrons. The van der Waals surface area contributed by atoms with E-state index in [1.807, 2.05) is 0 Å². The fraction of sp³-hybridized carbons (Fsp3) is 0.385. The molecule has 20 heavy (non-hydrogen) atoms. The average Bonchev–Trinajstić information content (AvgIpc) is 2.43. The summed E-state index contributed by atoms with van der Waals surface area (Å²) in [7, 11) is 1.68. The zero-order valence-electron chi connectivity index (χ0n) is 11.0. The number of aromatic nitrogens is 1. The van der Waals surface area contributed by atoms with Crippen molar-refractivity contribution in [1.82, 2.24) is 15.2 Å². The van der Waals surface area contributed by atoms with Crippen LogP contribution < -0.4 is 5.32 Å². The van der Waals surface area contributed by atoms with Crippen LogP contribution in [0.15, 0.2) is 18.2 Å². The van der Waals surface area contributed by atoms with Gasteiger partial charge in [0.05, 0.1) is 0 Å². The minimum Gasteiger partial charge on any atom is -0.477 e. The Labute approximate surface area is 115 Å². The van der Waals surface area contributed by atoms with E-state index >= 15 is 0 Å². The van der Waals surface area contributed by atoms with Gasteiger partial charge in [-0.05, 0) is 18.6 Å². The molecule has 1 aromatic rings. The number of amides is 2. The van der Waals surface area contributed by atoms with Crippen molar-refractivity contribution in [2.75, 3.05) is 13.6 Å². The molecule has 1 aliphatic heterocycles. The van der Waals surface area contributed by atoms with Gasteiger partial charge in [-0.2, -0.15) is 0 Å². The number of carboxylic acid groups (broad SMARTS) is 1. The van der Waals surface area contributed by atoms with Crippen molar-refractivity contribution < 1.29 is 19.5 Å². The molecule has 1 saturated heterocycles. The molecule has 2 heterocycles. The van der Waals surface area contributed by atoms with E-state index in [0.29, 0.717) is 19.4 Å². The number of hydrogen-bond donors (Lipinski definition) is 2. The van der Waals surface area contributed by atoms with Crippen molar-refractivity contribution in [2.24, 2.45) is 0 Å². The van der Waals surface area contributed by atoms with Crippen LogP contribution in [0.2, 0.25) is 0 Å². The summed E-state index contributed by atoms with van der Waals surface area (Å²) >= 11 is 0. The predicted molar refractivity (Wildman–Crippen MR) is 69.3 cm³/mol. The molecule has 1 fully saturated rings. The van der Waals surface area contributed by atoms with Gasteiger partial charge in [-0.1, -0.05) is 6.07 Å². The molecule has 0 aliphatic carbocycles. The number of likely N-dealkylation sites (tertiary alicyclic amines) is 1. The Morgan fingerprint density at radius 3 is 2.75 bits per heavy atom. The highest BCUT2D eigenvalue weighted by atomic mass is 16.4. The van der Waals surface area contributed by atoms with Crippen LogP contribution >= 0.6 is 0 Å². The van der Waals surface area contributed by atoms with E-state index in [1.54, 1.807) is 11.9 Å². The van der Waals surface area contributed by atoms with Crippen molar-refractivity contribution >= 4 is 17.8 Å². The normalized spacial score (nSPS) is 18.8. The quantitative estimate of drug-likeness (QED) is 0.818. The Bertz CT molecular complexity index is 558. The van der Waals surface area contributed by atoms with Gasteiger partial charge < -0.3 is 15.3 Å². The highest BCUT2D eigenvalue weighted by Crippen LogP contribution is 2.10. The molecule has 7 heteroatoms. The lowest BCUT2D eigenvalue weighted by molar-refractivity contribution is -0.132. The monoisotopic (exact) mass is 277 g/mol. The molecule has 1 aliphatic rings. The minimum atomic E-state index is -1.18. The fourth-order valence-electron chi connectivity index (χ4n) is 2.07. The van der Waals surface area contributed by atoms with Gasteiger partial charge in [-0.15, -0.1) is 0 Å². The van der Waals surface area contributed by atoms with E-state index in [9.17, 15) is 14.4 Å². The largest absolute Gasteiger partial charge is 0.477 e. The Morgan fingerprint density at radius 1 is 1.40 bits per heavy atom. The Hall–Kier alpha value is -2.44. The van der Waals surface area contributed by atoms with Crippen molar-refractivity contribution in [2.45, 2.75) is 18.9 Å². The molecule has 1 atom stereocenters. The molecule has 0 bridgehead atoms. The average molecular weight is 277 g/mol. The van der Waals surface area contributed by atoms with Gasteiger partial charge in [0.15, 0.2) is 0 Å². The van der Waals surface area contributed by atoms with Crippen LogP contribution in [0, 0.1) is 0 Å². The Morgan fingerprint density at radius 2 is 2.10 bits per heavy atom. The SMILES string of the molecule is CN1CC(NC(=O)c2cccc(C(=O)O)n2)CCC1=O. The maximum absolute atomic E-state index is 12.0. The second kappa shape index (κ2) is 5.68. The highest BCUT2D eigenvalue weighted by molar-refractivity contribution is 5.94. The number of rotatable bonds is 3. The molecule has 1 aromatic heterocycles. The van der Waals surface area contributed by atoms with Gasteiger partial charge in [-0.25, -0.2) is 9.78 Å². The number of likely N-dealkylation sites (N-methyl/N-ethyl adjacent to an activating group) is 1. The minimum absolute atomic E-state index is 0.0569. The zero-order chi connectivity index (χ0) is 14.7. The summed E-state index contributed by atoms with van der Waals surface area (Å²) in [5.41, 5.74) is -0.113. The van der Waals surface area contributed by atoms with E-state index in [1.165, 1.54) is 18.2 Å². The molecule has 0 aromatic carbocycles. The summed E-state index contributed by atoms with van der Waals surface area (Å²) in [6.45, 7) is 0.448. The maximum Gasteiger partial charge on any atom is 0.354 e. The summed E-state index contributed by atoms with van der Waals surface area (Å²) < 4.78 is 0. The summed E-state index contributed by atoms with van der Waals surface area (Å²) in [5.74, 6) is -1.55. The van der Waals surface area contributed by atoms with Gasteiger partial charge >= 0.3 is 5.97 Å². The molecular formula is C13H15N3O4. The smallest absolute Gasteiger partial charge is 0.354 e. The first-order valence-electron chi connectivity index (χ1n) is 6.22. The van der Waals surface area contributed by atoms with Crippen LogP contribution in [-0.2, 0) is 4.79 Å². The molecule has 106 valence electrons. The van der Waals surface area contributed by atoms with Gasteiger partial charge in [0, 0.05) is 26.1 Å². The van der Waals surface area contributed by atoms with Crippen LogP contribution in [-0.4, -0.2) is 52.4 Å². The van der Waals surface area contributed by atoms with E-state index in [4.69, 9.17) is 5.11 Å². The van der Waals surface area contributed by atoms with Gasteiger partial charge in [0.1, 0.15) is 11.4 Å². The third kappa shape index (κ3) is 3.11. The number of hydrogen-bond acceptors (Lipinski definition) is 4. The number of carboxylic acids is 1. The summed E-state index contributed by atoms with van der Waals surface area (Å²) in [5, 5.41) is 11.6. The van der Waals surface area contributed by atoms with E-state index in [-0.39, 0.29) is 23.3 Å².